The second-order valence-corrected chi connectivity index (χ2v) is 6.18. The molecular formula is C14H21F3NO+. The molecule has 0 fully saturated rings. The highest BCUT2D eigenvalue weighted by molar-refractivity contribution is 5.07. The number of hydrogen-bond acceptors (Lipinski definition) is 1. The van der Waals surface area contributed by atoms with Crippen molar-refractivity contribution >= 4 is 0 Å². The van der Waals surface area contributed by atoms with Gasteiger partial charge < -0.3 is 0 Å². The summed E-state index contributed by atoms with van der Waals surface area (Å²) in [6.07, 6.45) is -1.70. The van der Waals surface area contributed by atoms with Crippen molar-refractivity contribution in [1.29, 1.82) is 0 Å². The molecule has 2 nitrogen and oxygen atoms in total. The van der Waals surface area contributed by atoms with Gasteiger partial charge in [-0.15, -0.1) is 6.58 Å². The zero-order valence-electron chi connectivity index (χ0n) is 11.6. The average Bonchev–Trinajstić information content (AvgIpc) is 2.38. The Bertz CT molecular complexity index is 390. The Hall–Kier alpha value is -1.13. The van der Waals surface area contributed by atoms with E-state index in [1.165, 1.54) is 0 Å². The Morgan fingerprint density at radius 3 is 2.42 bits per heavy atom. The molecule has 0 saturated carbocycles. The summed E-state index contributed by atoms with van der Waals surface area (Å²) in [6, 6.07) is 0. The fourth-order valence-electron chi connectivity index (χ4n) is 2.72. The summed E-state index contributed by atoms with van der Waals surface area (Å²) in [7, 11) is 0. The van der Waals surface area contributed by atoms with Crippen LogP contribution in [0.3, 0.4) is 0 Å². The van der Waals surface area contributed by atoms with E-state index in [-0.39, 0.29) is 30.2 Å². The Balaban J connectivity index is 2.91. The zero-order chi connectivity index (χ0) is 14.8. The van der Waals surface area contributed by atoms with Gasteiger partial charge in [-0.1, -0.05) is 26.8 Å². The van der Waals surface area contributed by atoms with Crippen molar-refractivity contribution in [3.8, 4) is 0 Å². The minimum absolute atomic E-state index is 0.0185. The highest BCUT2D eigenvalue weighted by Crippen LogP contribution is 2.39. The molecule has 0 radical (unpaired) electrons. The zero-order valence-corrected chi connectivity index (χ0v) is 11.6. The molecule has 1 rings (SSSR count). The van der Waals surface area contributed by atoms with Crippen molar-refractivity contribution in [2.45, 2.75) is 39.8 Å². The number of alkyl halides is 3. The van der Waals surface area contributed by atoms with Crippen LogP contribution in [0.5, 0.6) is 0 Å². The van der Waals surface area contributed by atoms with E-state index >= 15 is 0 Å². The molecule has 0 bridgehead atoms. The number of rotatable bonds is 2. The van der Waals surface area contributed by atoms with Crippen LogP contribution in [0.15, 0.2) is 24.4 Å². The third-order valence-electron chi connectivity index (χ3n) is 3.62. The lowest BCUT2D eigenvalue weighted by Crippen LogP contribution is -2.30. The Morgan fingerprint density at radius 2 is 2.00 bits per heavy atom. The van der Waals surface area contributed by atoms with Crippen LogP contribution in [0, 0.1) is 22.2 Å². The first-order valence-electron chi connectivity index (χ1n) is 6.40. The van der Waals surface area contributed by atoms with Crippen LogP contribution in [-0.2, 0) is 0 Å². The fraction of sp³-hybridized carbons (Fsp3) is 0.714. The molecule has 0 aromatic heterocycles. The van der Waals surface area contributed by atoms with Crippen LogP contribution in [0.4, 0.5) is 13.2 Å². The van der Waals surface area contributed by atoms with Crippen molar-refractivity contribution in [2.75, 3.05) is 6.54 Å². The summed E-state index contributed by atoms with van der Waals surface area (Å²) in [4.78, 5) is 11.6. The molecule has 0 aromatic carbocycles. The Labute approximate surface area is 111 Å². The summed E-state index contributed by atoms with van der Waals surface area (Å²) in [6.45, 7) is 9.89. The molecule has 0 aliphatic carbocycles. The highest BCUT2D eigenvalue weighted by Gasteiger charge is 2.41. The van der Waals surface area contributed by atoms with Gasteiger partial charge >= 0.3 is 6.18 Å². The van der Waals surface area contributed by atoms with Gasteiger partial charge in [-0.05, 0) is 24.2 Å². The standard InChI is InChI=1S/C14H21F3NO/c1-5-12(13(2,3)4)10-6-7-11(14(15,16)17)9-18(19)8-10/h5,9-10,12H,1,6-8H2,2-4H3/q+1. The molecule has 2 atom stereocenters. The van der Waals surface area contributed by atoms with Gasteiger partial charge in [-0.3, -0.25) is 0 Å². The molecule has 0 saturated heterocycles. The van der Waals surface area contributed by atoms with E-state index < -0.39 is 11.7 Å². The molecule has 19 heavy (non-hydrogen) atoms. The Morgan fingerprint density at radius 1 is 1.42 bits per heavy atom. The minimum Gasteiger partial charge on any atom is -0.166 e. The molecule has 5 heteroatoms. The quantitative estimate of drug-likeness (QED) is 0.538. The van der Waals surface area contributed by atoms with Crippen LogP contribution in [-0.4, -0.2) is 17.5 Å². The third kappa shape index (κ3) is 4.18. The first kappa shape index (κ1) is 15.9. The van der Waals surface area contributed by atoms with E-state index in [9.17, 15) is 18.1 Å². The van der Waals surface area contributed by atoms with E-state index in [0.29, 0.717) is 17.4 Å². The van der Waals surface area contributed by atoms with E-state index in [4.69, 9.17) is 0 Å². The number of nitroso groups, excluding NO2 is 1. The summed E-state index contributed by atoms with van der Waals surface area (Å²) in [5, 5.41) is 0. The molecule has 108 valence electrons. The van der Waals surface area contributed by atoms with Crippen LogP contribution >= 0.6 is 0 Å². The molecule has 1 heterocycles. The topological polar surface area (TPSA) is 20.1 Å². The smallest absolute Gasteiger partial charge is 0.166 e. The Kier molecular flexibility index (Phi) is 4.59. The third-order valence-corrected chi connectivity index (χ3v) is 3.62. The molecular weight excluding hydrogens is 255 g/mol. The van der Waals surface area contributed by atoms with Gasteiger partial charge in [0.15, 0.2) is 0 Å². The molecule has 0 spiro atoms. The van der Waals surface area contributed by atoms with E-state index in [1.807, 2.05) is 20.8 Å². The summed E-state index contributed by atoms with van der Waals surface area (Å²) in [5.41, 5.74) is -0.850. The van der Waals surface area contributed by atoms with E-state index in [2.05, 4.69) is 6.58 Å². The highest BCUT2D eigenvalue weighted by atomic mass is 19.4. The second-order valence-electron chi connectivity index (χ2n) is 6.18. The van der Waals surface area contributed by atoms with Gasteiger partial charge in [-0.25, -0.2) is 0 Å². The van der Waals surface area contributed by atoms with Gasteiger partial charge in [0.25, 0.3) is 0 Å². The van der Waals surface area contributed by atoms with Crippen LogP contribution < -0.4 is 0 Å². The maximum Gasteiger partial charge on any atom is 0.418 e. The number of hydrogen-bond donors (Lipinski definition) is 0. The SMILES string of the molecule is C=CC(C1CCC(C(F)(F)F)=C[N+](=O)C1)C(C)(C)C. The predicted octanol–water partition coefficient (Wildman–Crippen LogP) is 4.47. The lowest BCUT2D eigenvalue weighted by Gasteiger charge is -2.32. The fourth-order valence-corrected chi connectivity index (χ4v) is 2.72. The normalized spacial score (nSPS) is 23.6. The first-order chi connectivity index (χ1) is 8.55. The average molecular weight is 276 g/mol. The molecule has 0 amide bonds. The molecule has 1 aliphatic rings. The minimum atomic E-state index is -4.41. The number of nitrogens with zero attached hydrogens (tertiary/aromatic N) is 1. The lowest BCUT2D eigenvalue weighted by atomic mass is 9.71. The number of allylic oxidation sites excluding steroid dienone is 2. The molecule has 1 aliphatic heterocycles. The number of halogens is 3. The van der Waals surface area contributed by atoms with Crippen LogP contribution in [0.25, 0.3) is 0 Å². The van der Waals surface area contributed by atoms with Gasteiger partial charge in [0.2, 0.25) is 12.7 Å². The maximum absolute atomic E-state index is 12.7. The van der Waals surface area contributed by atoms with Crippen molar-refractivity contribution in [3.63, 3.8) is 0 Å². The largest absolute Gasteiger partial charge is 0.418 e. The van der Waals surface area contributed by atoms with Gasteiger partial charge in [-0.2, -0.15) is 13.2 Å². The monoisotopic (exact) mass is 276 g/mol. The van der Waals surface area contributed by atoms with Crippen molar-refractivity contribution < 1.29 is 17.9 Å². The van der Waals surface area contributed by atoms with Crippen LogP contribution in [0.1, 0.15) is 33.6 Å². The molecule has 2 unspecified atom stereocenters. The summed E-state index contributed by atoms with van der Waals surface area (Å²) < 4.78 is 38.5. The predicted molar refractivity (Wildman–Crippen MR) is 68.5 cm³/mol. The van der Waals surface area contributed by atoms with Gasteiger partial charge in [0.1, 0.15) is 5.57 Å². The molecule has 0 N–H and O–H groups in total. The second kappa shape index (κ2) is 5.47. The van der Waals surface area contributed by atoms with E-state index in [0.717, 1.165) is 0 Å². The van der Waals surface area contributed by atoms with Gasteiger partial charge in [0, 0.05) is 15.6 Å². The summed E-state index contributed by atoms with van der Waals surface area (Å²) >= 11 is 0. The van der Waals surface area contributed by atoms with E-state index in [1.54, 1.807) is 6.08 Å². The van der Waals surface area contributed by atoms with Crippen molar-refractivity contribution in [3.05, 3.63) is 29.3 Å². The summed E-state index contributed by atoms with van der Waals surface area (Å²) in [5.74, 6) is -0.0870. The lowest BCUT2D eigenvalue weighted by molar-refractivity contribution is -0.489. The van der Waals surface area contributed by atoms with Crippen molar-refractivity contribution in [2.24, 2.45) is 17.3 Å². The molecule has 0 aromatic rings. The van der Waals surface area contributed by atoms with Crippen molar-refractivity contribution in [1.82, 2.24) is 0 Å². The maximum atomic E-state index is 12.7. The van der Waals surface area contributed by atoms with Gasteiger partial charge in [0.05, 0.1) is 0 Å². The first-order valence-corrected chi connectivity index (χ1v) is 6.40. The van der Waals surface area contributed by atoms with Crippen LogP contribution in [0.2, 0.25) is 0 Å².